The third kappa shape index (κ3) is 2.31. The molecule has 0 spiro atoms. The lowest BCUT2D eigenvalue weighted by Gasteiger charge is -2.08. The predicted molar refractivity (Wildman–Crippen MR) is 72.9 cm³/mol. The summed E-state index contributed by atoms with van der Waals surface area (Å²) >= 11 is 0. The van der Waals surface area contributed by atoms with Gasteiger partial charge in [-0.05, 0) is 43.9 Å². The number of nitrogens with one attached hydrogen (secondary N) is 1. The van der Waals surface area contributed by atoms with Gasteiger partial charge in [-0.2, -0.15) is 5.10 Å². The number of aryl methyl sites for hydroxylation is 1. The smallest absolute Gasteiger partial charge is 0.0677 e. The van der Waals surface area contributed by atoms with Crippen molar-refractivity contribution in [1.82, 2.24) is 15.1 Å². The highest BCUT2D eigenvalue weighted by Gasteiger charge is 2.20. The first-order valence-electron chi connectivity index (χ1n) is 6.57. The van der Waals surface area contributed by atoms with E-state index < -0.39 is 0 Å². The molecule has 0 atom stereocenters. The molecule has 1 aromatic carbocycles. The Bertz CT molecular complexity index is 553. The van der Waals surface area contributed by atoms with Gasteiger partial charge < -0.3 is 5.32 Å². The van der Waals surface area contributed by atoms with Crippen molar-refractivity contribution in [3.05, 3.63) is 47.3 Å². The molecule has 0 bridgehead atoms. The van der Waals surface area contributed by atoms with Crippen molar-refractivity contribution in [1.29, 1.82) is 0 Å². The Morgan fingerprint density at radius 2 is 2.17 bits per heavy atom. The van der Waals surface area contributed by atoms with E-state index in [0.717, 1.165) is 12.6 Å². The minimum atomic E-state index is 0.744. The number of hydrogen-bond donors (Lipinski definition) is 1. The van der Waals surface area contributed by atoms with Crippen LogP contribution in [0.5, 0.6) is 0 Å². The van der Waals surface area contributed by atoms with Crippen molar-refractivity contribution in [2.24, 2.45) is 0 Å². The maximum Gasteiger partial charge on any atom is 0.0677 e. The molecule has 0 unspecified atom stereocenters. The van der Waals surface area contributed by atoms with Crippen LogP contribution in [0, 0.1) is 13.8 Å². The molecule has 1 N–H and O–H groups in total. The summed E-state index contributed by atoms with van der Waals surface area (Å²) in [6.45, 7) is 5.21. The first kappa shape index (κ1) is 11.5. The Morgan fingerprint density at radius 1 is 1.33 bits per heavy atom. The van der Waals surface area contributed by atoms with Crippen molar-refractivity contribution < 1.29 is 0 Å². The van der Waals surface area contributed by atoms with Gasteiger partial charge in [0.1, 0.15) is 0 Å². The molecule has 1 fully saturated rings. The van der Waals surface area contributed by atoms with E-state index >= 15 is 0 Å². The molecule has 1 heterocycles. The fourth-order valence-electron chi connectivity index (χ4n) is 2.12. The summed E-state index contributed by atoms with van der Waals surface area (Å²) in [6, 6.07) is 7.08. The van der Waals surface area contributed by atoms with Crippen LogP contribution in [-0.4, -0.2) is 15.8 Å². The van der Waals surface area contributed by atoms with Crippen LogP contribution in [0.15, 0.2) is 30.6 Å². The number of aromatic nitrogens is 2. The van der Waals surface area contributed by atoms with Gasteiger partial charge in [-0.3, -0.25) is 0 Å². The van der Waals surface area contributed by atoms with Crippen molar-refractivity contribution in [2.45, 2.75) is 39.3 Å². The summed E-state index contributed by atoms with van der Waals surface area (Å²) in [4.78, 5) is 0. The number of hydrogen-bond acceptors (Lipinski definition) is 2. The molecule has 0 aliphatic heterocycles. The lowest BCUT2D eigenvalue weighted by molar-refractivity contribution is 0.687. The van der Waals surface area contributed by atoms with E-state index in [0.29, 0.717) is 0 Å². The van der Waals surface area contributed by atoms with Crippen LogP contribution in [-0.2, 0) is 6.54 Å². The summed E-state index contributed by atoms with van der Waals surface area (Å²) < 4.78 is 1.98. The molecule has 0 saturated heterocycles. The Hall–Kier alpha value is -1.61. The quantitative estimate of drug-likeness (QED) is 0.892. The van der Waals surface area contributed by atoms with Gasteiger partial charge in [0, 0.05) is 24.3 Å². The van der Waals surface area contributed by atoms with Gasteiger partial charge in [-0.15, -0.1) is 0 Å². The second-order valence-corrected chi connectivity index (χ2v) is 5.17. The summed E-state index contributed by atoms with van der Waals surface area (Å²) in [5, 5.41) is 7.97. The third-order valence-electron chi connectivity index (χ3n) is 3.63. The first-order valence-corrected chi connectivity index (χ1v) is 6.57. The molecule has 94 valence electrons. The Balaban J connectivity index is 1.80. The van der Waals surface area contributed by atoms with Gasteiger partial charge >= 0.3 is 0 Å². The van der Waals surface area contributed by atoms with E-state index in [9.17, 15) is 0 Å². The Kier molecular flexibility index (Phi) is 2.92. The zero-order chi connectivity index (χ0) is 12.5. The highest BCUT2D eigenvalue weighted by atomic mass is 15.3. The van der Waals surface area contributed by atoms with E-state index in [1.165, 1.54) is 35.2 Å². The van der Waals surface area contributed by atoms with Gasteiger partial charge in [-0.1, -0.05) is 12.1 Å². The topological polar surface area (TPSA) is 29.9 Å². The van der Waals surface area contributed by atoms with E-state index in [4.69, 9.17) is 0 Å². The fourth-order valence-corrected chi connectivity index (χ4v) is 2.12. The molecule has 1 aromatic heterocycles. The summed E-state index contributed by atoms with van der Waals surface area (Å²) in [5.41, 5.74) is 5.03. The lowest BCUT2D eigenvalue weighted by Crippen LogP contribution is -2.14. The van der Waals surface area contributed by atoms with Crippen LogP contribution in [0.2, 0.25) is 0 Å². The van der Waals surface area contributed by atoms with Crippen LogP contribution < -0.4 is 5.32 Å². The van der Waals surface area contributed by atoms with Crippen molar-refractivity contribution in [3.63, 3.8) is 0 Å². The SMILES string of the molecule is Cc1cccc(-n2cc(CNC3CC3)cn2)c1C. The van der Waals surface area contributed by atoms with Crippen LogP contribution in [0.1, 0.15) is 29.5 Å². The van der Waals surface area contributed by atoms with Crippen molar-refractivity contribution in [2.75, 3.05) is 0 Å². The van der Waals surface area contributed by atoms with Crippen LogP contribution in [0.25, 0.3) is 5.69 Å². The van der Waals surface area contributed by atoms with Crippen molar-refractivity contribution in [3.8, 4) is 5.69 Å². The fraction of sp³-hybridized carbons (Fsp3) is 0.400. The second kappa shape index (κ2) is 4.58. The van der Waals surface area contributed by atoms with Gasteiger partial charge in [0.25, 0.3) is 0 Å². The molecule has 1 aliphatic carbocycles. The standard InChI is InChI=1S/C15H19N3/c1-11-4-3-5-15(12(11)2)18-10-13(9-17-18)8-16-14-6-7-14/h3-5,9-10,14,16H,6-8H2,1-2H3. The van der Waals surface area contributed by atoms with E-state index in [-0.39, 0.29) is 0 Å². The summed E-state index contributed by atoms with van der Waals surface area (Å²) in [6.07, 6.45) is 6.73. The molecule has 18 heavy (non-hydrogen) atoms. The minimum absolute atomic E-state index is 0.744. The predicted octanol–water partition coefficient (Wildman–Crippen LogP) is 2.74. The zero-order valence-corrected chi connectivity index (χ0v) is 11.0. The normalized spacial score (nSPS) is 15.0. The lowest BCUT2D eigenvalue weighted by atomic mass is 10.1. The van der Waals surface area contributed by atoms with Gasteiger partial charge in [-0.25, -0.2) is 4.68 Å². The Labute approximate surface area is 108 Å². The average molecular weight is 241 g/mol. The van der Waals surface area contributed by atoms with E-state index in [2.05, 4.69) is 48.7 Å². The molecule has 1 aliphatic rings. The molecule has 0 radical (unpaired) electrons. The molecule has 0 amide bonds. The Morgan fingerprint density at radius 3 is 2.94 bits per heavy atom. The average Bonchev–Trinajstić information content (AvgIpc) is 3.08. The maximum atomic E-state index is 4.46. The zero-order valence-electron chi connectivity index (χ0n) is 11.0. The van der Waals surface area contributed by atoms with Crippen LogP contribution in [0.4, 0.5) is 0 Å². The van der Waals surface area contributed by atoms with Crippen LogP contribution >= 0.6 is 0 Å². The van der Waals surface area contributed by atoms with Gasteiger partial charge in [0.2, 0.25) is 0 Å². The summed E-state index contributed by atoms with van der Waals surface area (Å²) in [5.74, 6) is 0. The third-order valence-corrected chi connectivity index (χ3v) is 3.63. The molecule has 2 aromatic rings. The minimum Gasteiger partial charge on any atom is -0.310 e. The maximum absolute atomic E-state index is 4.46. The molecule has 3 nitrogen and oxygen atoms in total. The second-order valence-electron chi connectivity index (χ2n) is 5.17. The van der Waals surface area contributed by atoms with E-state index in [1.807, 2.05) is 10.9 Å². The summed E-state index contributed by atoms with van der Waals surface area (Å²) in [7, 11) is 0. The van der Waals surface area contributed by atoms with Gasteiger partial charge in [0.05, 0.1) is 11.9 Å². The van der Waals surface area contributed by atoms with Crippen molar-refractivity contribution >= 4 is 0 Å². The largest absolute Gasteiger partial charge is 0.310 e. The monoisotopic (exact) mass is 241 g/mol. The van der Waals surface area contributed by atoms with Crippen LogP contribution in [0.3, 0.4) is 0 Å². The number of benzene rings is 1. The number of nitrogens with zero attached hydrogens (tertiary/aromatic N) is 2. The molecule has 1 saturated carbocycles. The molecule has 3 rings (SSSR count). The van der Waals surface area contributed by atoms with Gasteiger partial charge in [0.15, 0.2) is 0 Å². The number of rotatable bonds is 4. The molecule has 3 heteroatoms. The highest BCUT2D eigenvalue weighted by Crippen LogP contribution is 2.20. The molecular weight excluding hydrogens is 222 g/mol. The highest BCUT2D eigenvalue weighted by molar-refractivity contribution is 5.44. The first-order chi connectivity index (χ1) is 8.74. The molecular formula is C15H19N3. The van der Waals surface area contributed by atoms with E-state index in [1.54, 1.807) is 0 Å².